The number of benzene rings is 1. The van der Waals surface area contributed by atoms with Crippen molar-refractivity contribution in [2.24, 2.45) is 0 Å². The summed E-state index contributed by atoms with van der Waals surface area (Å²) in [6.45, 7) is 7.70. The van der Waals surface area contributed by atoms with Crippen molar-refractivity contribution in [3.63, 3.8) is 0 Å². The van der Waals surface area contributed by atoms with E-state index in [1.165, 1.54) is 7.11 Å². The second-order valence-electron chi connectivity index (χ2n) is 9.44. The van der Waals surface area contributed by atoms with Gasteiger partial charge in [-0.15, -0.1) is 0 Å². The molecule has 174 valence electrons. The van der Waals surface area contributed by atoms with Crippen LogP contribution < -0.4 is 14.8 Å². The highest BCUT2D eigenvalue weighted by Crippen LogP contribution is 2.36. The lowest BCUT2D eigenvalue weighted by atomic mass is 9.84. The number of aryl methyl sites for hydroxylation is 1. The standard InChI is InChI=1S/C24H33N3O4S/c1-16-5-6-18-13-21(23(30-4)26-22(18)15-25-16)27-32(28,29)20-9-7-17(8-10-20)19-11-12-31-24(2,3)14-19/h7-10,13,16,19,25,27H,5-6,11-12,14-15H2,1-4H3/t16?,19-/m0/s1. The molecule has 7 nitrogen and oxygen atoms in total. The average molecular weight is 460 g/mol. The molecule has 32 heavy (non-hydrogen) atoms. The van der Waals surface area contributed by atoms with Gasteiger partial charge in [0.05, 0.1) is 23.3 Å². The van der Waals surface area contributed by atoms with Gasteiger partial charge >= 0.3 is 0 Å². The molecule has 8 heteroatoms. The first-order valence-electron chi connectivity index (χ1n) is 11.2. The minimum Gasteiger partial charge on any atom is -0.479 e. The van der Waals surface area contributed by atoms with Crippen LogP contribution in [0.3, 0.4) is 0 Å². The maximum Gasteiger partial charge on any atom is 0.262 e. The van der Waals surface area contributed by atoms with Crippen molar-refractivity contribution in [1.29, 1.82) is 0 Å². The lowest BCUT2D eigenvalue weighted by molar-refractivity contribution is -0.0593. The number of pyridine rings is 1. The molecule has 1 aromatic carbocycles. The summed E-state index contributed by atoms with van der Waals surface area (Å²) >= 11 is 0. The molecule has 2 aliphatic heterocycles. The zero-order chi connectivity index (χ0) is 22.9. The Kier molecular flexibility index (Phi) is 6.47. The highest BCUT2D eigenvalue weighted by molar-refractivity contribution is 7.92. The van der Waals surface area contributed by atoms with E-state index in [4.69, 9.17) is 9.47 Å². The monoisotopic (exact) mass is 459 g/mol. The van der Waals surface area contributed by atoms with Crippen LogP contribution in [0.25, 0.3) is 0 Å². The number of anilines is 1. The molecule has 0 aliphatic carbocycles. The zero-order valence-electron chi connectivity index (χ0n) is 19.3. The summed E-state index contributed by atoms with van der Waals surface area (Å²) in [6, 6.07) is 9.43. The predicted octanol–water partition coefficient (Wildman–Crippen LogP) is 3.99. The Morgan fingerprint density at radius 3 is 2.66 bits per heavy atom. The quantitative estimate of drug-likeness (QED) is 0.703. The van der Waals surface area contributed by atoms with Gasteiger partial charge in [-0.1, -0.05) is 12.1 Å². The summed E-state index contributed by atoms with van der Waals surface area (Å²) in [7, 11) is -2.27. The molecule has 3 heterocycles. The third-order valence-corrected chi connectivity index (χ3v) is 7.80. The molecule has 2 aliphatic rings. The van der Waals surface area contributed by atoms with E-state index in [2.05, 4.69) is 35.8 Å². The largest absolute Gasteiger partial charge is 0.479 e. The summed E-state index contributed by atoms with van der Waals surface area (Å²) in [5.74, 6) is 0.651. The highest BCUT2D eigenvalue weighted by atomic mass is 32.2. The average Bonchev–Trinajstić information content (AvgIpc) is 2.93. The molecular weight excluding hydrogens is 426 g/mol. The number of nitrogens with zero attached hydrogens (tertiary/aromatic N) is 1. The summed E-state index contributed by atoms with van der Waals surface area (Å²) in [6.07, 6.45) is 3.67. The molecule has 0 radical (unpaired) electrons. The van der Waals surface area contributed by atoms with Crippen molar-refractivity contribution in [3.8, 4) is 5.88 Å². The van der Waals surface area contributed by atoms with Crippen LogP contribution in [0.2, 0.25) is 0 Å². The van der Waals surface area contributed by atoms with Crippen molar-refractivity contribution in [1.82, 2.24) is 10.3 Å². The normalized spacial score (nSPS) is 23.1. The third kappa shape index (κ3) is 5.08. The van der Waals surface area contributed by atoms with Gasteiger partial charge in [-0.3, -0.25) is 4.72 Å². The van der Waals surface area contributed by atoms with Gasteiger partial charge < -0.3 is 14.8 Å². The van der Waals surface area contributed by atoms with Crippen LogP contribution in [0.5, 0.6) is 5.88 Å². The van der Waals surface area contributed by atoms with Crippen LogP contribution in [0, 0.1) is 0 Å². The lowest BCUT2D eigenvalue weighted by Gasteiger charge is -2.35. The van der Waals surface area contributed by atoms with Gasteiger partial charge in [0.25, 0.3) is 10.0 Å². The molecule has 2 N–H and O–H groups in total. The van der Waals surface area contributed by atoms with Crippen LogP contribution in [-0.2, 0) is 27.7 Å². The molecule has 4 rings (SSSR count). The number of hydrogen-bond acceptors (Lipinski definition) is 6. The first-order valence-corrected chi connectivity index (χ1v) is 12.7. The van der Waals surface area contributed by atoms with E-state index in [9.17, 15) is 8.42 Å². The van der Waals surface area contributed by atoms with E-state index in [-0.39, 0.29) is 16.4 Å². The Morgan fingerprint density at radius 1 is 1.22 bits per heavy atom. The minimum atomic E-state index is -3.77. The molecule has 2 aromatic rings. The van der Waals surface area contributed by atoms with E-state index in [1.807, 2.05) is 18.2 Å². The third-order valence-electron chi connectivity index (χ3n) is 6.42. The predicted molar refractivity (Wildman–Crippen MR) is 125 cm³/mol. The number of rotatable bonds is 5. The van der Waals surface area contributed by atoms with Gasteiger partial charge in [0.1, 0.15) is 5.69 Å². The Labute approximate surface area is 191 Å². The molecule has 1 saturated heterocycles. The second-order valence-corrected chi connectivity index (χ2v) is 11.1. The van der Waals surface area contributed by atoms with Crippen molar-refractivity contribution in [2.45, 2.75) is 75.5 Å². The molecule has 2 atom stereocenters. The fourth-order valence-corrected chi connectivity index (χ4v) is 5.60. The van der Waals surface area contributed by atoms with Crippen LogP contribution in [0.1, 0.15) is 62.8 Å². The number of methoxy groups -OCH3 is 1. The fraction of sp³-hybridized carbons (Fsp3) is 0.542. The topological polar surface area (TPSA) is 89.5 Å². The smallest absolute Gasteiger partial charge is 0.262 e. The van der Waals surface area contributed by atoms with E-state index in [1.54, 1.807) is 12.1 Å². The SMILES string of the molecule is COc1nc2c(cc1NS(=O)(=O)c1ccc([C@H]3CCOC(C)(C)C3)cc1)CCC(C)NC2. The number of hydrogen-bond donors (Lipinski definition) is 2. The van der Waals surface area contributed by atoms with E-state index >= 15 is 0 Å². The summed E-state index contributed by atoms with van der Waals surface area (Å²) in [5.41, 5.74) is 3.30. The van der Waals surface area contributed by atoms with Crippen LogP contribution >= 0.6 is 0 Å². The highest BCUT2D eigenvalue weighted by Gasteiger charge is 2.30. The molecule has 1 fully saturated rings. The van der Waals surface area contributed by atoms with Gasteiger partial charge in [0.2, 0.25) is 5.88 Å². The van der Waals surface area contributed by atoms with E-state index < -0.39 is 10.0 Å². The van der Waals surface area contributed by atoms with E-state index in [0.29, 0.717) is 24.2 Å². The molecule has 0 saturated carbocycles. The first-order chi connectivity index (χ1) is 15.2. The van der Waals surface area contributed by atoms with Crippen LogP contribution in [0.15, 0.2) is 35.2 Å². The first kappa shape index (κ1) is 23.0. The van der Waals surface area contributed by atoms with Crippen LogP contribution in [-0.4, -0.2) is 38.8 Å². The van der Waals surface area contributed by atoms with Crippen molar-refractivity contribution >= 4 is 15.7 Å². The summed E-state index contributed by atoms with van der Waals surface area (Å²) < 4.78 is 40.1. The Bertz CT molecular complexity index is 1070. The second kappa shape index (κ2) is 9.00. The van der Waals surface area contributed by atoms with E-state index in [0.717, 1.165) is 49.1 Å². The Morgan fingerprint density at radius 2 is 1.97 bits per heavy atom. The van der Waals surface area contributed by atoms with Crippen LogP contribution in [0.4, 0.5) is 5.69 Å². The van der Waals surface area contributed by atoms with Crippen molar-refractivity contribution in [2.75, 3.05) is 18.4 Å². The van der Waals surface area contributed by atoms with Crippen molar-refractivity contribution in [3.05, 3.63) is 47.2 Å². The maximum absolute atomic E-state index is 13.1. The molecule has 0 amide bonds. The molecule has 1 unspecified atom stereocenters. The zero-order valence-corrected chi connectivity index (χ0v) is 20.1. The number of ether oxygens (including phenoxy) is 2. The Balaban J connectivity index is 1.55. The number of sulfonamides is 1. The molecule has 0 bridgehead atoms. The van der Waals surface area contributed by atoms with Crippen molar-refractivity contribution < 1.29 is 17.9 Å². The Hall–Kier alpha value is -2.16. The molecular formula is C24H33N3O4S. The van der Waals surface area contributed by atoms with Gasteiger partial charge in [-0.2, -0.15) is 0 Å². The number of nitrogens with one attached hydrogen (secondary N) is 2. The van der Waals surface area contributed by atoms with Gasteiger partial charge in [0, 0.05) is 19.2 Å². The lowest BCUT2D eigenvalue weighted by Crippen LogP contribution is -2.32. The van der Waals surface area contributed by atoms with Gasteiger partial charge in [-0.05, 0) is 81.7 Å². The number of fused-ring (bicyclic) bond motifs is 1. The maximum atomic E-state index is 13.1. The summed E-state index contributed by atoms with van der Waals surface area (Å²) in [5, 5.41) is 3.42. The fourth-order valence-electron chi connectivity index (χ4n) is 4.56. The number of aromatic nitrogens is 1. The summed E-state index contributed by atoms with van der Waals surface area (Å²) in [4.78, 5) is 4.79. The minimum absolute atomic E-state index is 0.155. The molecule has 0 spiro atoms. The van der Waals surface area contributed by atoms with Gasteiger partial charge in [0.15, 0.2) is 0 Å². The molecule has 1 aromatic heterocycles. The van der Waals surface area contributed by atoms with Gasteiger partial charge in [-0.25, -0.2) is 13.4 Å².